The average Bonchev–Trinajstić information content (AvgIpc) is 2.47. The van der Waals surface area contributed by atoms with Crippen molar-refractivity contribution in [2.24, 2.45) is 0 Å². The molecule has 1 aromatic heterocycles. The van der Waals surface area contributed by atoms with Crippen molar-refractivity contribution in [1.29, 1.82) is 0 Å². The first-order chi connectivity index (χ1) is 9.65. The topological polar surface area (TPSA) is 51.3 Å². The molecular formula is C15H12ClNO3. The Morgan fingerprint density at radius 2 is 1.90 bits per heavy atom. The molecule has 0 saturated carbocycles. The Morgan fingerprint density at radius 1 is 1.10 bits per heavy atom. The summed E-state index contributed by atoms with van der Waals surface area (Å²) < 4.78 is 10.5. The molecule has 102 valence electrons. The van der Waals surface area contributed by atoms with Gasteiger partial charge < -0.3 is 14.5 Å². The lowest BCUT2D eigenvalue weighted by molar-refractivity contribution is 0.415. The van der Waals surface area contributed by atoms with E-state index in [1.807, 2.05) is 18.2 Å². The Kier molecular flexibility index (Phi) is 3.03. The smallest absolute Gasteiger partial charge is 0.260 e. The molecule has 0 aliphatic rings. The van der Waals surface area contributed by atoms with Gasteiger partial charge in [0.15, 0.2) is 0 Å². The minimum atomic E-state index is -0.225. The maximum absolute atomic E-state index is 12.3. The molecule has 2 aromatic carbocycles. The normalized spacial score (nSPS) is 10.9. The number of aromatic nitrogens is 1. The minimum Gasteiger partial charge on any atom is -0.497 e. The van der Waals surface area contributed by atoms with Crippen LogP contribution >= 0.6 is 11.6 Å². The van der Waals surface area contributed by atoms with Gasteiger partial charge in [-0.2, -0.15) is 0 Å². The van der Waals surface area contributed by atoms with E-state index in [1.54, 1.807) is 19.2 Å². The summed E-state index contributed by atoms with van der Waals surface area (Å²) in [6.07, 6.45) is 0. The highest BCUT2D eigenvalue weighted by atomic mass is 35.5. The Bertz CT molecular complexity index is 870. The number of methoxy groups -OCH3 is 2. The Hall–Kier alpha value is -2.20. The molecule has 0 amide bonds. The lowest BCUT2D eigenvalue weighted by atomic mass is 10.1. The molecule has 0 bridgehead atoms. The molecule has 1 N–H and O–H groups in total. The molecule has 0 fully saturated rings. The second-order valence-corrected chi connectivity index (χ2v) is 4.78. The molecule has 0 radical (unpaired) electrons. The van der Waals surface area contributed by atoms with Crippen LogP contribution in [-0.4, -0.2) is 19.2 Å². The number of fused-ring (bicyclic) bond motifs is 3. The number of halogens is 1. The Morgan fingerprint density at radius 3 is 2.60 bits per heavy atom. The summed E-state index contributed by atoms with van der Waals surface area (Å²) in [5.74, 6) is 1.17. The van der Waals surface area contributed by atoms with Crippen LogP contribution in [0.3, 0.4) is 0 Å². The standard InChI is InChI=1S/C15H12ClNO3/c1-19-8-6-10-9-4-3-5-12(20-2)13(9)15(18)17-14(10)11(16)7-8/h3-7H,1-2H3,(H,17,18). The maximum atomic E-state index is 12.3. The number of nitrogens with one attached hydrogen (secondary N) is 1. The highest BCUT2D eigenvalue weighted by Crippen LogP contribution is 2.33. The van der Waals surface area contributed by atoms with Crippen molar-refractivity contribution >= 4 is 33.3 Å². The van der Waals surface area contributed by atoms with E-state index in [-0.39, 0.29) is 5.56 Å². The lowest BCUT2D eigenvalue weighted by Gasteiger charge is -2.10. The molecule has 0 spiro atoms. The number of ether oxygens (including phenoxy) is 2. The van der Waals surface area contributed by atoms with Crippen molar-refractivity contribution < 1.29 is 9.47 Å². The second-order valence-electron chi connectivity index (χ2n) is 4.37. The minimum absolute atomic E-state index is 0.225. The van der Waals surface area contributed by atoms with Gasteiger partial charge in [-0.05, 0) is 12.1 Å². The van der Waals surface area contributed by atoms with E-state index in [0.29, 0.717) is 27.4 Å². The van der Waals surface area contributed by atoms with E-state index >= 15 is 0 Å². The van der Waals surface area contributed by atoms with Crippen LogP contribution in [0.4, 0.5) is 0 Å². The van der Waals surface area contributed by atoms with E-state index in [0.717, 1.165) is 10.8 Å². The van der Waals surface area contributed by atoms with Gasteiger partial charge >= 0.3 is 0 Å². The van der Waals surface area contributed by atoms with Crippen LogP contribution in [-0.2, 0) is 0 Å². The first kappa shape index (κ1) is 12.8. The largest absolute Gasteiger partial charge is 0.497 e. The summed E-state index contributed by atoms with van der Waals surface area (Å²) in [5, 5.41) is 2.56. The summed E-state index contributed by atoms with van der Waals surface area (Å²) in [6, 6.07) is 8.98. The third-order valence-corrected chi connectivity index (χ3v) is 3.60. The Balaban J connectivity index is 2.58. The van der Waals surface area contributed by atoms with Gasteiger partial charge in [0.2, 0.25) is 0 Å². The van der Waals surface area contributed by atoms with Crippen molar-refractivity contribution in [3.8, 4) is 11.5 Å². The molecule has 5 heteroatoms. The molecule has 0 aliphatic carbocycles. The quantitative estimate of drug-likeness (QED) is 0.736. The first-order valence-corrected chi connectivity index (χ1v) is 6.39. The summed E-state index contributed by atoms with van der Waals surface area (Å²) >= 11 is 6.21. The predicted molar refractivity (Wildman–Crippen MR) is 80.2 cm³/mol. The van der Waals surface area contributed by atoms with E-state index in [9.17, 15) is 4.79 Å². The second kappa shape index (κ2) is 4.72. The highest BCUT2D eigenvalue weighted by Gasteiger charge is 2.12. The van der Waals surface area contributed by atoms with Gasteiger partial charge in [0.25, 0.3) is 5.56 Å². The van der Waals surface area contributed by atoms with Crippen LogP contribution in [0, 0.1) is 0 Å². The fourth-order valence-corrected chi connectivity index (χ4v) is 2.63. The van der Waals surface area contributed by atoms with Crippen LogP contribution in [0.1, 0.15) is 0 Å². The number of pyridine rings is 1. The fourth-order valence-electron chi connectivity index (χ4n) is 2.38. The molecular weight excluding hydrogens is 278 g/mol. The van der Waals surface area contributed by atoms with Gasteiger partial charge in [-0.3, -0.25) is 4.79 Å². The van der Waals surface area contributed by atoms with Crippen molar-refractivity contribution in [3.63, 3.8) is 0 Å². The third-order valence-electron chi connectivity index (χ3n) is 3.30. The third kappa shape index (κ3) is 1.80. The van der Waals surface area contributed by atoms with Gasteiger partial charge in [0, 0.05) is 16.8 Å². The van der Waals surface area contributed by atoms with Crippen LogP contribution in [0.2, 0.25) is 5.02 Å². The van der Waals surface area contributed by atoms with Crippen LogP contribution in [0.25, 0.3) is 21.7 Å². The number of H-pyrrole nitrogens is 1. The van der Waals surface area contributed by atoms with E-state index in [2.05, 4.69) is 4.98 Å². The molecule has 0 aliphatic heterocycles. The fraction of sp³-hybridized carbons (Fsp3) is 0.133. The van der Waals surface area contributed by atoms with Crippen molar-refractivity contribution in [2.75, 3.05) is 14.2 Å². The van der Waals surface area contributed by atoms with Crippen LogP contribution in [0.15, 0.2) is 35.1 Å². The molecule has 0 unspecified atom stereocenters. The SMILES string of the molecule is COc1cc(Cl)c2[nH]c(=O)c3c(OC)cccc3c2c1. The van der Waals surface area contributed by atoms with Crippen molar-refractivity contribution in [1.82, 2.24) is 4.98 Å². The molecule has 0 atom stereocenters. The zero-order valence-corrected chi connectivity index (χ0v) is 11.7. The molecule has 4 nitrogen and oxygen atoms in total. The Labute approximate surface area is 119 Å². The van der Waals surface area contributed by atoms with E-state index < -0.39 is 0 Å². The maximum Gasteiger partial charge on any atom is 0.260 e. The average molecular weight is 290 g/mol. The van der Waals surface area contributed by atoms with Gasteiger partial charge in [0.05, 0.1) is 30.1 Å². The summed E-state index contributed by atoms with van der Waals surface area (Å²) in [7, 11) is 3.11. The molecule has 3 aromatic rings. The number of benzene rings is 2. The number of rotatable bonds is 2. The van der Waals surface area contributed by atoms with Crippen molar-refractivity contribution in [2.45, 2.75) is 0 Å². The van der Waals surface area contributed by atoms with Gasteiger partial charge in [-0.15, -0.1) is 0 Å². The predicted octanol–water partition coefficient (Wildman–Crippen LogP) is 3.35. The van der Waals surface area contributed by atoms with E-state index in [1.165, 1.54) is 7.11 Å². The zero-order valence-electron chi connectivity index (χ0n) is 11.0. The monoisotopic (exact) mass is 289 g/mol. The van der Waals surface area contributed by atoms with Crippen LogP contribution in [0.5, 0.6) is 11.5 Å². The zero-order chi connectivity index (χ0) is 14.3. The molecule has 1 heterocycles. The van der Waals surface area contributed by atoms with Gasteiger partial charge in [-0.1, -0.05) is 23.7 Å². The molecule has 0 saturated heterocycles. The highest BCUT2D eigenvalue weighted by molar-refractivity contribution is 6.36. The lowest BCUT2D eigenvalue weighted by Crippen LogP contribution is -2.08. The van der Waals surface area contributed by atoms with Crippen molar-refractivity contribution in [3.05, 3.63) is 45.7 Å². The number of aromatic amines is 1. The molecule has 20 heavy (non-hydrogen) atoms. The summed E-state index contributed by atoms with van der Waals surface area (Å²) in [6.45, 7) is 0. The van der Waals surface area contributed by atoms with Crippen LogP contribution < -0.4 is 15.0 Å². The van der Waals surface area contributed by atoms with E-state index in [4.69, 9.17) is 21.1 Å². The molecule has 3 rings (SSSR count). The summed E-state index contributed by atoms with van der Waals surface area (Å²) in [5.41, 5.74) is 0.371. The first-order valence-electron chi connectivity index (χ1n) is 6.02. The summed E-state index contributed by atoms with van der Waals surface area (Å²) in [4.78, 5) is 15.1. The van der Waals surface area contributed by atoms with Gasteiger partial charge in [0.1, 0.15) is 11.5 Å². The number of hydrogen-bond acceptors (Lipinski definition) is 3. The number of hydrogen-bond donors (Lipinski definition) is 1. The van der Waals surface area contributed by atoms with Gasteiger partial charge in [-0.25, -0.2) is 0 Å².